The molecule has 0 radical (unpaired) electrons. The predicted octanol–water partition coefficient (Wildman–Crippen LogP) is 5.30. The Labute approximate surface area is 197 Å². The molecule has 1 aliphatic carbocycles. The minimum Gasteiger partial charge on any atom is -0.448 e. The maximum absolute atomic E-state index is 13.3. The second-order valence-corrected chi connectivity index (χ2v) is 9.38. The van der Waals surface area contributed by atoms with E-state index in [4.69, 9.17) is 4.74 Å². The van der Waals surface area contributed by atoms with E-state index < -0.39 is 0 Å². The minimum atomic E-state index is -0.203. The fourth-order valence-electron chi connectivity index (χ4n) is 5.97. The Bertz CT molecular complexity index is 1410. The van der Waals surface area contributed by atoms with Gasteiger partial charge in [0.15, 0.2) is 5.65 Å². The van der Waals surface area contributed by atoms with Crippen LogP contribution in [0.1, 0.15) is 41.9 Å². The molecule has 1 fully saturated rings. The summed E-state index contributed by atoms with van der Waals surface area (Å²) in [5, 5.41) is 4.31. The third kappa shape index (κ3) is 2.98. The summed E-state index contributed by atoms with van der Waals surface area (Å²) in [4.78, 5) is 19.7. The zero-order chi connectivity index (χ0) is 22.6. The molecule has 2 atom stereocenters. The summed E-state index contributed by atoms with van der Waals surface area (Å²) in [5.41, 5.74) is 8.10. The largest absolute Gasteiger partial charge is 0.448 e. The molecule has 168 valence electrons. The van der Waals surface area contributed by atoms with Crippen LogP contribution in [0.25, 0.3) is 22.3 Å². The van der Waals surface area contributed by atoms with Crippen molar-refractivity contribution in [3.05, 3.63) is 96.0 Å². The SMILES string of the molecule is O=C(OCC1c2ccccc2-c2ccccc21)N1C2C=C(c3cnc4ccnn4c3)CC1CC2. The molecular formula is C28H24N4O2. The van der Waals surface area contributed by atoms with Crippen molar-refractivity contribution in [1.82, 2.24) is 19.5 Å². The summed E-state index contributed by atoms with van der Waals surface area (Å²) < 4.78 is 7.78. The Morgan fingerprint density at radius 3 is 2.53 bits per heavy atom. The van der Waals surface area contributed by atoms with Crippen LogP contribution in [0.15, 0.2) is 79.3 Å². The molecule has 6 nitrogen and oxygen atoms in total. The minimum absolute atomic E-state index is 0.0673. The fourth-order valence-corrected chi connectivity index (χ4v) is 5.97. The van der Waals surface area contributed by atoms with Gasteiger partial charge in [-0.05, 0) is 47.1 Å². The highest BCUT2D eigenvalue weighted by molar-refractivity contribution is 5.79. The van der Waals surface area contributed by atoms with Gasteiger partial charge in [0.25, 0.3) is 0 Å². The number of ether oxygens (including phenoxy) is 1. The second-order valence-electron chi connectivity index (χ2n) is 9.38. The maximum Gasteiger partial charge on any atom is 0.410 e. The molecule has 2 aliphatic heterocycles. The van der Waals surface area contributed by atoms with Gasteiger partial charge in [-0.3, -0.25) is 4.90 Å². The zero-order valence-corrected chi connectivity index (χ0v) is 18.7. The van der Waals surface area contributed by atoms with E-state index in [1.165, 1.54) is 27.8 Å². The lowest BCUT2D eigenvalue weighted by Crippen LogP contribution is -2.43. The number of nitrogens with zero attached hydrogens (tertiary/aromatic N) is 4. The van der Waals surface area contributed by atoms with Gasteiger partial charge in [0.05, 0.1) is 12.2 Å². The first-order valence-corrected chi connectivity index (χ1v) is 11.9. The van der Waals surface area contributed by atoms with Crippen LogP contribution in [0, 0.1) is 0 Å². The molecular weight excluding hydrogens is 424 g/mol. The number of amides is 1. The topological polar surface area (TPSA) is 59.7 Å². The van der Waals surface area contributed by atoms with Gasteiger partial charge in [-0.1, -0.05) is 54.6 Å². The van der Waals surface area contributed by atoms with Crippen LogP contribution in [-0.4, -0.2) is 44.3 Å². The number of benzene rings is 2. The molecule has 0 spiro atoms. The van der Waals surface area contributed by atoms with Crippen LogP contribution in [0.5, 0.6) is 0 Å². The number of fused-ring (bicyclic) bond motifs is 6. The van der Waals surface area contributed by atoms with E-state index in [9.17, 15) is 4.79 Å². The Hall–Kier alpha value is -3.93. The smallest absolute Gasteiger partial charge is 0.410 e. The van der Waals surface area contributed by atoms with E-state index in [2.05, 4.69) is 64.7 Å². The van der Waals surface area contributed by atoms with Crippen LogP contribution in [0.2, 0.25) is 0 Å². The Morgan fingerprint density at radius 1 is 1.00 bits per heavy atom. The summed E-state index contributed by atoms with van der Waals surface area (Å²) in [6.45, 7) is 0.360. The highest BCUT2D eigenvalue weighted by Crippen LogP contribution is 2.45. The molecule has 0 saturated carbocycles. The summed E-state index contributed by atoms with van der Waals surface area (Å²) in [5.74, 6) is 0.0803. The van der Waals surface area contributed by atoms with E-state index in [0.717, 1.165) is 30.5 Å². The highest BCUT2D eigenvalue weighted by Gasteiger charge is 2.41. The molecule has 4 aromatic rings. The quantitative estimate of drug-likeness (QED) is 0.427. The van der Waals surface area contributed by atoms with Gasteiger partial charge >= 0.3 is 6.09 Å². The molecule has 1 amide bonds. The number of hydrogen-bond acceptors (Lipinski definition) is 4. The zero-order valence-electron chi connectivity index (χ0n) is 18.7. The van der Waals surface area contributed by atoms with Gasteiger partial charge in [-0.2, -0.15) is 5.10 Å². The summed E-state index contributed by atoms with van der Waals surface area (Å²) in [6, 6.07) is 19.0. The third-order valence-electron chi connectivity index (χ3n) is 7.56. The van der Waals surface area contributed by atoms with Crippen LogP contribution < -0.4 is 0 Å². The van der Waals surface area contributed by atoms with Crippen molar-refractivity contribution in [3.63, 3.8) is 0 Å². The second kappa shape index (κ2) is 7.55. The molecule has 1 saturated heterocycles. The Balaban J connectivity index is 1.11. The normalized spacial score (nSPS) is 20.8. The molecule has 3 aliphatic rings. The van der Waals surface area contributed by atoms with E-state index >= 15 is 0 Å². The van der Waals surface area contributed by atoms with Gasteiger partial charge in [0.2, 0.25) is 0 Å². The van der Waals surface area contributed by atoms with E-state index in [1.807, 2.05) is 23.4 Å². The lowest BCUT2D eigenvalue weighted by molar-refractivity contribution is 0.0866. The number of rotatable bonds is 3. The van der Waals surface area contributed by atoms with Gasteiger partial charge in [-0.25, -0.2) is 14.3 Å². The van der Waals surface area contributed by atoms with Crippen LogP contribution >= 0.6 is 0 Å². The van der Waals surface area contributed by atoms with Crippen molar-refractivity contribution in [1.29, 1.82) is 0 Å². The summed E-state index contributed by atoms with van der Waals surface area (Å²) in [6.07, 6.45) is 10.5. The summed E-state index contributed by atoms with van der Waals surface area (Å²) >= 11 is 0. The third-order valence-corrected chi connectivity index (χ3v) is 7.56. The van der Waals surface area contributed by atoms with Crippen molar-refractivity contribution in [2.75, 3.05) is 6.61 Å². The first-order chi connectivity index (χ1) is 16.8. The number of carbonyl (C=O) groups excluding carboxylic acids is 1. The summed E-state index contributed by atoms with van der Waals surface area (Å²) in [7, 11) is 0. The molecule has 2 unspecified atom stereocenters. The Kier molecular flexibility index (Phi) is 4.34. The molecule has 2 aromatic carbocycles. The highest BCUT2D eigenvalue weighted by atomic mass is 16.6. The molecule has 4 heterocycles. The average Bonchev–Trinajstić information content (AvgIpc) is 3.54. The standard InChI is InChI=1S/C28H24N4O2/c33-28(34-17-26-24-7-3-1-5-22(24)23-6-2-4-8-25(23)26)32-20-9-10-21(32)14-18(13-20)19-15-29-27-11-12-30-31(27)16-19/h1-8,11-13,15-16,20-21,26H,9-10,14,17H2. The first-order valence-electron chi connectivity index (χ1n) is 11.9. The van der Waals surface area contributed by atoms with Gasteiger partial charge in [0, 0.05) is 36.0 Å². The van der Waals surface area contributed by atoms with E-state index in [1.54, 1.807) is 10.7 Å². The number of carbonyl (C=O) groups is 1. The molecule has 2 bridgehead atoms. The van der Waals surface area contributed by atoms with Crippen molar-refractivity contribution in [2.24, 2.45) is 0 Å². The molecule has 2 aromatic heterocycles. The van der Waals surface area contributed by atoms with Crippen molar-refractivity contribution in [3.8, 4) is 11.1 Å². The predicted molar refractivity (Wildman–Crippen MR) is 129 cm³/mol. The average molecular weight is 449 g/mol. The van der Waals surface area contributed by atoms with Crippen molar-refractivity contribution < 1.29 is 9.53 Å². The van der Waals surface area contributed by atoms with Crippen LogP contribution in [0.4, 0.5) is 4.79 Å². The molecule has 0 N–H and O–H groups in total. The Morgan fingerprint density at radius 2 is 1.76 bits per heavy atom. The molecule has 6 heteroatoms. The maximum atomic E-state index is 13.3. The van der Waals surface area contributed by atoms with Crippen molar-refractivity contribution in [2.45, 2.75) is 37.3 Å². The lowest BCUT2D eigenvalue weighted by Gasteiger charge is -2.33. The number of hydrogen-bond donors (Lipinski definition) is 0. The first kappa shape index (κ1) is 19.5. The molecule has 34 heavy (non-hydrogen) atoms. The van der Waals surface area contributed by atoms with Crippen LogP contribution in [0.3, 0.4) is 0 Å². The lowest BCUT2D eigenvalue weighted by atomic mass is 9.97. The van der Waals surface area contributed by atoms with Crippen molar-refractivity contribution >= 4 is 17.3 Å². The van der Waals surface area contributed by atoms with Gasteiger partial charge < -0.3 is 4.74 Å². The molecule has 7 rings (SSSR count). The number of aromatic nitrogens is 3. The monoisotopic (exact) mass is 448 g/mol. The van der Waals surface area contributed by atoms with E-state index in [0.29, 0.717) is 6.61 Å². The fraction of sp³-hybridized carbons (Fsp3) is 0.250. The van der Waals surface area contributed by atoms with Gasteiger partial charge in [0.1, 0.15) is 6.61 Å². The van der Waals surface area contributed by atoms with Gasteiger partial charge in [-0.15, -0.1) is 0 Å². The van der Waals surface area contributed by atoms with Crippen LogP contribution in [-0.2, 0) is 4.74 Å². The van der Waals surface area contributed by atoms with E-state index in [-0.39, 0.29) is 24.1 Å².